The predicted octanol–water partition coefficient (Wildman–Crippen LogP) is 7.91. The van der Waals surface area contributed by atoms with Gasteiger partial charge in [-0.1, -0.05) is 48.5 Å². The zero-order valence-electron chi connectivity index (χ0n) is 23.8. The highest BCUT2D eigenvalue weighted by Crippen LogP contribution is 2.37. The maximum Gasteiger partial charge on any atom is 0.328 e. The van der Waals surface area contributed by atoms with E-state index in [9.17, 15) is 9.90 Å². The highest BCUT2D eigenvalue weighted by Gasteiger charge is 2.19. The van der Waals surface area contributed by atoms with Crippen LogP contribution in [-0.4, -0.2) is 33.0 Å². The van der Waals surface area contributed by atoms with Crippen molar-refractivity contribution in [3.05, 3.63) is 133 Å². The Labute approximate surface area is 253 Å². The van der Waals surface area contributed by atoms with Crippen LogP contribution in [0.3, 0.4) is 0 Å². The van der Waals surface area contributed by atoms with Gasteiger partial charge in [0, 0.05) is 24.0 Å². The Morgan fingerprint density at radius 1 is 0.818 bits per heavy atom. The summed E-state index contributed by atoms with van der Waals surface area (Å²) in [5.41, 5.74) is 2.99. The van der Waals surface area contributed by atoms with Crippen LogP contribution in [0.15, 0.2) is 121 Å². The first kappa shape index (κ1) is 28.0. The van der Waals surface area contributed by atoms with Crippen molar-refractivity contribution in [2.75, 3.05) is 12.4 Å². The highest BCUT2D eigenvalue weighted by atomic mass is 16.5. The second-order valence-corrected chi connectivity index (χ2v) is 9.73. The number of aliphatic carboxylic acids is 1. The van der Waals surface area contributed by atoms with Crippen LogP contribution >= 0.6 is 0 Å². The number of para-hydroxylation sites is 2. The third-order valence-corrected chi connectivity index (χ3v) is 6.74. The van der Waals surface area contributed by atoms with Gasteiger partial charge in [0.15, 0.2) is 11.5 Å². The van der Waals surface area contributed by atoms with Crippen molar-refractivity contribution in [1.82, 2.24) is 14.8 Å². The molecule has 0 radical (unpaired) electrons. The van der Waals surface area contributed by atoms with E-state index < -0.39 is 5.97 Å². The van der Waals surface area contributed by atoms with Gasteiger partial charge in [-0.2, -0.15) is 5.10 Å². The molecule has 0 atom stereocenters. The predicted molar refractivity (Wildman–Crippen MR) is 169 cm³/mol. The van der Waals surface area contributed by atoms with Crippen molar-refractivity contribution >= 4 is 34.6 Å². The molecule has 44 heavy (non-hydrogen) atoms. The molecule has 6 aromatic rings. The number of nitrogens with one attached hydrogen (secondary N) is 1. The summed E-state index contributed by atoms with van der Waals surface area (Å²) in [5, 5.41) is 18.1. The van der Waals surface area contributed by atoms with Gasteiger partial charge in [-0.25, -0.2) is 14.5 Å². The van der Waals surface area contributed by atoms with Crippen LogP contribution in [0.2, 0.25) is 0 Å². The number of benzene rings is 4. The highest BCUT2D eigenvalue weighted by molar-refractivity contribution is 5.96. The number of rotatable bonds is 11. The van der Waals surface area contributed by atoms with E-state index in [0.717, 1.165) is 23.1 Å². The zero-order chi connectivity index (χ0) is 30.3. The summed E-state index contributed by atoms with van der Waals surface area (Å²) in [6.45, 7) is 0.449. The van der Waals surface area contributed by atoms with Crippen LogP contribution in [-0.2, 0) is 11.3 Å². The quantitative estimate of drug-likeness (QED) is 0.148. The number of hydrogen-bond donors (Lipinski definition) is 2. The SMILES string of the molecule is COc1ccc(Cn2nc(Nc3ccccc3C=CC(=O)O)c3c(Oc4ccc(Oc5ccccc5)cc4)ccnc32)cc1. The van der Waals surface area contributed by atoms with Crippen molar-refractivity contribution in [3.63, 3.8) is 0 Å². The van der Waals surface area contributed by atoms with Crippen LogP contribution in [0.5, 0.6) is 28.7 Å². The van der Waals surface area contributed by atoms with E-state index in [1.54, 1.807) is 24.1 Å². The van der Waals surface area contributed by atoms with E-state index in [0.29, 0.717) is 51.9 Å². The average molecular weight is 585 g/mol. The van der Waals surface area contributed by atoms with Gasteiger partial charge in [-0.3, -0.25) is 0 Å². The summed E-state index contributed by atoms with van der Waals surface area (Å²) in [5.74, 6) is 2.83. The largest absolute Gasteiger partial charge is 0.497 e. The first-order chi connectivity index (χ1) is 21.6. The summed E-state index contributed by atoms with van der Waals surface area (Å²) in [7, 11) is 1.63. The number of pyridine rings is 1. The Morgan fingerprint density at radius 3 is 2.20 bits per heavy atom. The van der Waals surface area contributed by atoms with Crippen molar-refractivity contribution in [3.8, 4) is 28.7 Å². The topological polar surface area (TPSA) is 108 Å². The molecule has 0 unspecified atom stereocenters. The smallest absolute Gasteiger partial charge is 0.328 e. The van der Waals surface area contributed by atoms with Crippen LogP contribution in [0, 0.1) is 0 Å². The number of anilines is 2. The van der Waals surface area contributed by atoms with Gasteiger partial charge >= 0.3 is 5.97 Å². The maximum atomic E-state index is 11.2. The molecule has 0 bridgehead atoms. The van der Waals surface area contributed by atoms with Gasteiger partial charge in [-0.05, 0) is 71.8 Å². The molecule has 0 amide bonds. The third-order valence-electron chi connectivity index (χ3n) is 6.74. The molecule has 2 heterocycles. The number of fused-ring (bicyclic) bond motifs is 1. The fourth-order valence-electron chi connectivity index (χ4n) is 4.63. The lowest BCUT2D eigenvalue weighted by molar-refractivity contribution is -0.131. The van der Waals surface area contributed by atoms with E-state index in [2.05, 4.69) is 10.3 Å². The van der Waals surface area contributed by atoms with Gasteiger partial charge < -0.3 is 24.6 Å². The van der Waals surface area contributed by atoms with Gasteiger partial charge in [0.2, 0.25) is 0 Å². The number of nitrogens with zero attached hydrogens (tertiary/aromatic N) is 3. The van der Waals surface area contributed by atoms with E-state index >= 15 is 0 Å². The van der Waals surface area contributed by atoms with Crippen molar-refractivity contribution in [1.29, 1.82) is 0 Å². The number of hydrogen-bond acceptors (Lipinski definition) is 7. The molecule has 6 rings (SSSR count). The molecular weight excluding hydrogens is 556 g/mol. The van der Waals surface area contributed by atoms with Crippen molar-refractivity contribution in [2.24, 2.45) is 0 Å². The maximum absolute atomic E-state index is 11.2. The van der Waals surface area contributed by atoms with Gasteiger partial charge in [0.25, 0.3) is 0 Å². The first-order valence-corrected chi connectivity index (χ1v) is 13.8. The van der Waals surface area contributed by atoms with Crippen molar-refractivity contribution < 1.29 is 24.1 Å². The molecule has 0 saturated heterocycles. The minimum Gasteiger partial charge on any atom is -0.497 e. The van der Waals surface area contributed by atoms with Gasteiger partial charge in [-0.15, -0.1) is 0 Å². The normalized spacial score (nSPS) is 11.0. The van der Waals surface area contributed by atoms with E-state index in [-0.39, 0.29) is 0 Å². The van der Waals surface area contributed by atoms with Crippen LogP contribution in [0.1, 0.15) is 11.1 Å². The molecule has 0 aliphatic carbocycles. The minimum absolute atomic E-state index is 0.449. The van der Waals surface area contributed by atoms with E-state index in [1.807, 2.05) is 103 Å². The standard InChI is InChI=1S/C35H28N4O5/c1-42-26-14-11-24(12-15-26)23-39-35-33(34(38-39)37-30-10-6-5-7-25(30)13-20-32(40)41)31(21-22-36-35)44-29-18-16-28(17-19-29)43-27-8-3-2-4-9-27/h2-22H,23H2,1H3,(H,37,38)(H,40,41). The number of carbonyl (C=O) groups is 1. The lowest BCUT2D eigenvalue weighted by Gasteiger charge is -2.11. The van der Waals surface area contributed by atoms with Gasteiger partial charge in [0.05, 0.1) is 13.7 Å². The molecule has 9 heteroatoms. The third kappa shape index (κ3) is 6.52. The minimum atomic E-state index is -1.03. The lowest BCUT2D eigenvalue weighted by Crippen LogP contribution is -2.03. The molecule has 2 aromatic heterocycles. The zero-order valence-corrected chi connectivity index (χ0v) is 23.8. The molecule has 2 N–H and O–H groups in total. The molecular formula is C35H28N4O5. The summed E-state index contributed by atoms with van der Waals surface area (Å²) in [6, 6.07) is 33.9. The number of carboxylic acids is 1. The monoisotopic (exact) mass is 584 g/mol. The summed E-state index contributed by atoms with van der Waals surface area (Å²) in [4.78, 5) is 15.9. The number of methoxy groups -OCH3 is 1. The van der Waals surface area contributed by atoms with Crippen LogP contribution < -0.4 is 19.5 Å². The fraction of sp³-hybridized carbons (Fsp3) is 0.0571. The Balaban J connectivity index is 1.36. The molecule has 0 aliphatic heterocycles. The second-order valence-electron chi connectivity index (χ2n) is 9.73. The second kappa shape index (κ2) is 12.8. The first-order valence-electron chi connectivity index (χ1n) is 13.8. The fourth-order valence-corrected chi connectivity index (χ4v) is 4.63. The Morgan fingerprint density at radius 2 is 1.48 bits per heavy atom. The van der Waals surface area contributed by atoms with E-state index in [4.69, 9.17) is 19.3 Å². The Hall–Kier alpha value is -6.09. The molecule has 0 saturated carbocycles. The molecule has 218 valence electrons. The average Bonchev–Trinajstić information content (AvgIpc) is 3.39. The Bertz CT molecular complexity index is 1920. The number of carboxylic acid groups (broad SMARTS) is 1. The number of aromatic nitrogens is 3. The molecule has 0 fully saturated rings. The van der Waals surface area contributed by atoms with Crippen LogP contribution in [0.25, 0.3) is 17.1 Å². The summed E-state index contributed by atoms with van der Waals surface area (Å²) < 4.78 is 19.4. The lowest BCUT2D eigenvalue weighted by atomic mass is 10.1. The molecule has 0 aliphatic rings. The Kier molecular flexibility index (Phi) is 8.18. The van der Waals surface area contributed by atoms with E-state index in [1.165, 1.54) is 6.08 Å². The summed E-state index contributed by atoms with van der Waals surface area (Å²) in [6.07, 6.45) is 4.32. The van der Waals surface area contributed by atoms with Gasteiger partial charge in [0.1, 0.15) is 34.1 Å². The number of ether oxygens (including phenoxy) is 3. The van der Waals surface area contributed by atoms with Crippen LogP contribution in [0.4, 0.5) is 11.5 Å². The van der Waals surface area contributed by atoms with Crippen molar-refractivity contribution in [2.45, 2.75) is 6.54 Å². The summed E-state index contributed by atoms with van der Waals surface area (Å²) >= 11 is 0. The molecule has 9 nitrogen and oxygen atoms in total. The molecule has 0 spiro atoms. The molecule has 4 aromatic carbocycles.